The van der Waals surface area contributed by atoms with E-state index >= 15 is 0 Å². The van der Waals surface area contributed by atoms with Crippen LogP contribution in [-0.2, 0) is 0 Å². The molecule has 0 aliphatic carbocycles. The molecule has 0 bridgehead atoms. The van der Waals surface area contributed by atoms with Crippen LogP contribution in [0.3, 0.4) is 0 Å². The highest BCUT2D eigenvalue weighted by molar-refractivity contribution is 5.84. The molecule has 3 heteroatoms. The second-order valence-corrected chi connectivity index (χ2v) is 2.37. The molecule has 0 amide bonds. The van der Waals surface area contributed by atoms with Gasteiger partial charge >= 0.3 is 0 Å². The molecule has 2 nitrogen and oxygen atoms in total. The third-order valence-corrected chi connectivity index (χ3v) is 1.68. The smallest absolute Gasteiger partial charge is 0.165 e. The number of H-pyrrole nitrogens is 1. The zero-order valence-corrected chi connectivity index (χ0v) is 6.13. The molecule has 0 fully saturated rings. The number of fused-ring (bicyclic) bond motifs is 1. The standard InChI is InChI=1S/C9H5FN2/c1-2-8-6-3-4-11-9(6)7(10)5-12-8/h1,3-5,11H. The second kappa shape index (κ2) is 2.35. The minimum Gasteiger partial charge on any atom is -0.359 e. The quantitative estimate of drug-likeness (QED) is 0.583. The molecule has 2 aromatic heterocycles. The van der Waals surface area contributed by atoms with Gasteiger partial charge in [0.1, 0.15) is 5.69 Å². The van der Waals surface area contributed by atoms with Gasteiger partial charge in [0.15, 0.2) is 5.82 Å². The lowest BCUT2D eigenvalue weighted by Crippen LogP contribution is -1.86. The number of aromatic nitrogens is 2. The van der Waals surface area contributed by atoms with Crippen LogP contribution in [0.1, 0.15) is 5.69 Å². The van der Waals surface area contributed by atoms with Crippen molar-refractivity contribution in [1.29, 1.82) is 0 Å². The lowest BCUT2D eigenvalue weighted by atomic mass is 10.2. The summed E-state index contributed by atoms with van der Waals surface area (Å²) in [6.45, 7) is 0. The van der Waals surface area contributed by atoms with E-state index in [1.54, 1.807) is 12.3 Å². The highest BCUT2D eigenvalue weighted by Gasteiger charge is 2.05. The molecule has 0 aliphatic heterocycles. The predicted octanol–water partition coefficient (Wildman–Crippen LogP) is 1.68. The van der Waals surface area contributed by atoms with Crippen molar-refractivity contribution in [3.05, 3.63) is 30.0 Å². The summed E-state index contributed by atoms with van der Waals surface area (Å²) in [5.74, 6) is 2.00. The molecule has 1 N–H and O–H groups in total. The van der Waals surface area contributed by atoms with Gasteiger partial charge in [0.2, 0.25) is 0 Å². The van der Waals surface area contributed by atoms with Crippen molar-refractivity contribution in [3.63, 3.8) is 0 Å². The molecule has 0 aliphatic rings. The minimum atomic E-state index is -0.381. The Kier molecular flexibility index (Phi) is 1.34. The third kappa shape index (κ3) is 0.785. The van der Waals surface area contributed by atoms with E-state index in [1.165, 1.54) is 0 Å². The van der Waals surface area contributed by atoms with Crippen molar-refractivity contribution in [1.82, 2.24) is 9.97 Å². The van der Waals surface area contributed by atoms with Crippen LogP contribution in [-0.4, -0.2) is 9.97 Å². The van der Waals surface area contributed by atoms with Gasteiger partial charge < -0.3 is 4.98 Å². The van der Waals surface area contributed by atoms with Gasteiger partial charge in [0, 0.05) is 11.6 Å². The summed E-state index contributed by atoms with van der Waals surface area (Å²) < 4.78 is 13.0. The van der Waals surface area contributed by atoms with E-state index in [2.05, 4.69) is 15.9 Å². The highest BCUT2D eigenvalue weighted by atomic mass is 19.1. The van der Waals surface area contributed by atoms with Crippen LogP contribution >= 0.6 is 0 Å². The van der Waals surface area contributed by atoms with Crippen LogP contribution in [0.4, 0.5) is 4.39 Å². The first-order chi connectivity index (χ1) is 5.83. The first kappa shape index (κ1) is 6.86. The van der Waals surface area contributed by atoms with E-state index in [9.17, 15) is 4.39 Å². The summed E-state index contributed by atoms with van der Waals surface area (Å²) >= 11 is 0. The Labute approximate surface area is 68.4 Å². The summed E-state index contributed by atoms with van der Waals surface area (Å²) in [6.07, 6.45) is 7.93. The van der Waals surface area contributed by atoms with Gasteiger partial charge in [0.05, 0.1) is 11.7 Å². The molecule has 0 saturated heterocycles. The molecular formula is C9H5FN2. The molecule has 2 heterocycles. The number of hydrogen-bond acceptors (Lipinski definition) is 1. The monoisotopic (exact) mass is 160 g/mol. The number of terminal acetylenes is 1. The molecule has 0 radical (unpaired) electrons. The number of aromatic amines is 1. The first-order valence-corrected chi connectivity index (χ1v) is 3.41. The van der Waals surface area contributed by atoms with Crippen molar-refractivity contribution in [3.8, 4) is 12.3 Å². The maximum atomic E-state index is 13.0. The van der Waals surface area contributed by atoms with E-state index < -0.39 is 0 Å². The predicted molar refractivity (Wildman–Crippen MR) is 44.0 cm³/mol. The van der Waals surface area contributed by atoms with E-state index in [1.807, 2.05) is 0 Å². The van der Waals surface area contributed by atoms with Crippen LogP contribution in [0.5, 0.6) is 0 Å². The maximum Gasteiger partial charge on any atom is 0.165 e. The lowest BCUT2D eigenvalue weighted by Gasteiger charge is -1.93. The molecule has 2 rings (SSSR count). The van der Waals surface area contributed by atoms with Crippen molar-refractivity contribution < 1.29 is 4.39 Å². The van der Waals surface area contributed by atoms with Crippen LogP contribution in [0.2, 0.25) is 0 Å². The van der Waals surface area contributed by atoms with E-state index in [-0.39, 0.29) is 5.82 Å². The van der Waals surface area contributed by atoms with Gasteiger partial charge in [-0.15, -0.1) is 6.42 Å². The fourth-order valence-electron chi connectivity index (χ4n) is 1.13. The normalized spacial score (nSPS) is 10.0. The van der Waals surface area contributed by atoms with Crippen LogP contribution in [0, 0.1) is 18.2 Å². The van der Waals surface area contributed by atoms with Crippen LogP contribution in [0.25, 0.3) is 10.9 Å². The molecule has 0 atom stereocenters. The zero-order chi connectivity index (χ0) is 8.55. The molecule has 12 heavy (non-hydrogen) atoms. The number of hydrogen-bond donors (Lipinski definition) is 1. The van der Waals surface area contributed by atoms with Gasteiger partial charge in [-0.1, -0.05) is 0 Å². The Balaban J connectivity index is 2.94. The van der Waals surface area contributed by atoms with Gasteiger partial charge in [-0.05, 0) is 12.0 Å². The number of pyridine rings is 1. The SMILES string of the molecule is C#Cc1ncc(F)c2[nH]ccc12. The van der Waals surface area contributed by atoms with Crippen LogP contribution < -0.4 is 0 Å². The van der Waals surface area contributed by atoms with Gasteiger partial charge in [-0.3, -0.25) is 0 Å². The molecule has 0 aromatic carbocycles. The summed E-state index contributed by atoms with van der Waals surface area (Å²) in [6, 6.07) is 1.71. The average Bonchev–Trinajstić information content (AvgIpc) is 2.54. The second-order valence-electron chi connectivity index (χ2n) is 2.37. The first-order valence-electron chi connectivity index (χ1n) is 3.41. The number of rotatable bonds is 0. The van der Waals surface area contributed by atoms with Crippen molar-refractivity contribution >= 4 is 10.9 Å². The zero-order valence-electron chi connectivity index (χ0n) is 6.13. The van der Waals surface area contributed by atoms with Crippen LogP contribution in [0.15, 0.2) is 18.5 Å². The summed E-state index contributed by atoms with van der Waals surface area (Å²) in [5, 5.41) is 0.650. The Morgan fingerprint density at radius 2 is 2.42 bits per heavy atom. The Bertz CT molecular complexity index is 465. The highest BCUT2D eigenvalue weighted by Crippen LogP contribution is 2.17. The van der Waals surface area contributed by atoms with E-state index in [0.717, 1.165) is 6.20 Å². The third-order valence-electron chi connectivity index (χ3n) is 1.68. The van der Waals surface area contributed by atoms with Gasteiger partial charge in [0.25, 0.3) is 0 Å². The number of halogens is 1. The molecule has 58 valence electrons. The molecule has 0 unspecified atom stereocenters. The Morgan fingerprint density at radius 3 is 3.17 bits per heavy atom. The lowest BCUT2D eigenvalue weighted by molar-refractivity contribution is 0.631. The van der Waals surface area contributed by atoms with Gasteiger partial charge in [-0.2, -0.15) is 0 Å². The Morgan fingerprint density at radius 1 is 1.58 bits per heavy atom. The van der Waals surface area contributed by atoms with Gasteiger partial charge in [-0.25, -0.2) is 9.37 Å². The largest absolute Gasteiger partial charge is 0.359 e. The molecule has 0 spiro atoms. The van der Waals surface area contributed by atoms with Crippen molar-refractivity contribution in [2.24, 2.45) is 0 Å². The fraction of sp³-hybridized carbons (Fsp3) is 0. The topological polar surface area (TPSA) is 28.7 Å². The molecular weight excluding hydrogens is 155 g/mol. The number of nitrogens with zero attached hydrogens (tertiary/aromatic N) is 1. The summed E-state index contributed by atoms with van der Waals surface area (Å²) in [7, 11) is 0. The maximum absolute atomic E-state index is 13.0. The Hall–Kier alpha value is -1.82. The average molecular weight is 160 g/mol. The van der Waals surface area contributed by atoms with Crippen molar-refractivity contribution in [2.45, 2.75) is 0 Å². The number of nitrogens with one attached hydrogen (secondary N) is 1. The minimum absolute atomic E-state index is 0.381. The molecule has 2 aromatic rings. The fourth-order valence-corrected chi connectivity index (χ4v) is 1.13. The summed E-state index contributed by atoms with van der Waals surface area (Å²) in [5.41, 5.74) is 0.880. The summed E-state index contributed by atoms with van der Waals surface area (Å²) in [4.78, 5) is 6.52. The van der Waals surface area contributed by atoms with E-state index in [0.29, 0.717) is 16.6 Å². The van der Waals surface area contributed by atoms with Crippen molar-refractivity contribution in [2.75, 3.05) is 0 Å². The molecule has 0 saturated carbocycles. The van der Waals surface area contributed by atoms with E-state index in [4.69, 9.17) is 6.42 Å².